The molecule has 14 heavy (non-hydrogen) atoms. The normalized spacial score (nSPS) is 17.5. The Morgan fingerprint density at radius 2 is 2.21 bits per heavy atom. The molecule has 0 radical (unpaired) electrons. The molecule has 1 saturated carbocycles. The van der Waals surface area contributed by atoms with Crippen molar-refractivity contribution in [2.45, 2.75) is 18.4 Å². The van der Waals surface area contributed by atoms with E-state index in [1.54, 1.807) is 0 Å². The van der Waals surface area contributed by atoms with Crippen LogP contribution in [0.2, 0.25) is 5.02 Å². The molecule has 4 heteroatoms. The molecule has 0 bridgehead atoms. The van der Waals surface area contributed by atoms with E-state index in [0.29, 0.717) is 5.11 Å². The molecule has 0 unspecified atom stereocenters. The Bertz CT molecular complexity index is 374. The Morgan fingerprint density at radius 1 is 1.50 bits per heavy atom. The predicted octanol–water partition coefficient (Wildman–Crippen LogP) is 2.16. The maximum absolute atomic E-state index is 5.92. The van der Waals surface area contributed by atoms with Crippen molar-refractivity contribution in [3.63, 3.8) is 0 Å². The lowest BCUT2D eigenvalue weighted by Gasteiger charge is -2.17. The molecule has 1 aromatic rings. The highest BCUT2D eigenvalue weighted by Crippen LogP contribution is 2.45. The molecule has 0 heterocycles. The standard InChI is InChI=1S/C10H11ClN2S/c11-8-3-1-2-7(6-8)10(4-5-10)13-9(12)14/h1-3,6H,4-5H2,(H3,12,13,14). The summed E-state index contributed by atoms with van der Waals surface area (Å²) in [6, 6.07) is 7.81. The molecule has 0 aliphatic heterocycles. The number of thiocarbonyl (C=S) groups is 1. The second-order valence-corrected chi connectivity index (χ2v) is 4.46. The van der Waals surface area contributed by atoms with Crippen LogP contribution in [-0.4, -0.2) is 5.11 Å². The number of rotatable bonds is 2. The molecular formula is C10H11ClN2S. The van der Waals surface area contributed by atoms with Gasteiger partial charge in [-0.25, -0.2) is 0 Å². The summed E-state index contributed by atoms with van der Waals surface area (Å²) in [6.45, 7) is 0. The van der Waals surface area contributed by atoms with Crippen LogP contribution in [0.25, 0.3) is 0 Å². The molecule has 0 spiro atoms. The van der Waals surface area contributed by atoms with Crippen LogP contribution in [0.5, 0.6) is 0 Å². The van der Waals surface area contributed by atoms with E-state index in [1.807, 2.05) is 24.3 Å². The quantitative estimate of drug-likeness (QED) is 0.760. The predicted molar refractivity (Wildman–Crippen MR) is 62.3 cm³/mol. The van der Waals surface area contributed by atoms with E-state index < -0.39 is 0 Å². The zero-order chi connectivity index (χ0) is 10.2. The second-order valence-electron chi connectivity index (χ2n) is 3.58. The Hall–Kier alpha value is -0.800. The number of hydrogen-bond acceptors (Lipinski definition) is 1. The molecule has 2 nitrogen and oxygen atoms in total. The minimum Gasteiger partial charge on any atom is -0.376 e. The van der Waals surface area contributed by atoms with E-state index in [-0.39, 0.29) is 5.54 Å². The molecule has 1 aromatic carbocycles. The van der Waals surface area contributed by atoms with Gasteiger partial charge in [0.25, 0.3) is 0 Å². The highest BCUT2D eigenvalue weighted by atomic mass is 35.5. The SMILES string of the molecule is NC(=S)NC1(c2cccc(Cl)c2)CC1. The molecule has 1 fully saturated rings. The van der Waals surface area contributed by atoms with Gasteiger partial charge in [-0.05, 0) is 42.8 Å². The first-order valence-electron chi connectivity index (χ1n) is 4.46. The summed E-state index contributed by atoms with van der Waals surface area (Å²) in [7, 11) is 0. The topological polar surface area (TPSA) is 38.0 Å². The van der Waals surface area contributed by atoms with Gasteiger partial charge in [0.1, 0.15) is 0 Å². The summed E-state index contributed by atoms with van der Waals surface area (Å²) in [5.41, 5.74) is 6.60. The van der Waals surface area contributed by atoms with Crippen molar-refractivity contribution in [3.8, 4) is 0 Å². The highest BCUT2D eigenvalue weighted by Gasteiger charge is 2.44. The molecule has 0 aromatic heterocycles. The van der Waals surface area contributed by atoms with Crippen molar-refractivity contribution >= 4 is 28.9 Å². The average molecular weight is 227 g/mol. The van der Waals surface area contributed by atoms with Crippen molar-refractivity contribution in [3.05, 3.63) is 34.9 Å². The Balaban J connectivity index is 2.26. The van der Waals surface area contributed by atoms with Gasteiger partial charge in [0.2, 0.25) is 0 Å². The van der Waals surface area contributed by atoms with Crippen LogP contribution in [0, 0.1) is 0 Å². The lowest BCUT2D eigenvalue weighted by atomic mass is 10.1. The van der Waals surface area contributed by atoms with Crippen LogP contribution in [0.4, 0.5) is 0 Å². The van der Waals surface area contributed by atoms with Gasteiger partial charge in [0.05, 0.1) is 5.54 Å². The summed E-state index contributed by atoms with van der Waals surface area (Å²) in [6.07, 6.45) is 2.12. The molecule has 0 atom stereocenters. The van der Waals surface area contributed by atoms with E-state index in [9.17, 15) is 0 Å². The van der Waals surface area contributed by atoms with Crippen LogP contribution < -0.4 is 11.1 Å². The first kappa shape index (κ1) is 9.74. The minimum absolute atomic E-state index is 0.0449. The van der Waals surface area contributed by atoms with E-state index >= 15 is 0 Å². The van der Waals surface area contributed by atoms with Crippen LogP contribution in [0.3, 0.4) is 0 Å². The average Bonchev–Trinajstić information content (AvgIpc) is 2.84. The first-order valence-corrected chi connectivity index (χ1v) is 5.25. The zero-order valence-electron chi connectivity index (χ0n) is 7.59. The first-order chi connectivity index (χ1) is 6.62. The van der Waals surface area contributed by atoms with Crippen molar-refractivity contribution in [2.24, 2.45) is 5.73 Å². The highest BCUT2D eigenvalue weighted by molar-refractivity contribution is 7.80. The van der Waals surface area contributed by atoms with Crippen molar-refractivity contribution in [1.29, 1.82) is 0 Å². The van der Waals surface area contributed by atoms with Gasteiger partial charge < -0.3 is 11.1 Å². The van der Waals surface area contributed by atoms with Crippen LogP contribution >= 0.6 is 23.8 Å². The van der Waals surface area contributed by atoms with Gasteiger partial charge in [0, 0.05) is 5.02 Å². The molecule has 0 saturated heterocycles. The molecule has 0 amide bonds. The Kier molecular flexibility index (Phi) is 2.37. The smallest absolute Gasteiger partial charge is 0.164 e. The van der Waals surface area contributed by atoms with Crippen molar-refractivity contribution in [2.75, 3.05) is 0 Å². The van der Waals surface area contributed by atoms with E-state index in [0.717, 1.165) is 23.4 Å². The molecule has 1 aliphatic carbocycles. The fourth-order valence-electron chi connectivity index (χ4n) is 1.63. The number of benzene rings is 1. The Morgan fingerprint density at radius 3 is 2.71 bits per heavy atom. The van der Waals surface area contributed by atoms with Crippen molar-refractivity contribution in [1.82, 2.24) is 5.32 Å². The summed E-state index contributed by atoms with van der Waals surface area (Å²) in [5, 5.41) is 4.22. The lowest BCUT2D eigenvalue weighted by molar-refractivity contribution is 0.647. The van der Waals surface area contributed by atoms with Crippen LogP contribution in [-0.2, 0) is 5.54 Å². The largest absolute Gasteiger partial charge is 0.376 e. The number of nitrogens with two attached hydrogens (primary N) is 1. The van der Waals surface area contributed by atoms with Crippen LogP contribution in [0.15, 0.2) is 24.3 Å². The third kappa shape index (κ3) is 1.83. The van der Waals surface area contributed by atoms with Crippen LogP contribution in [0.1, 0.15) is 18.4 Å². The molecule has 74 valence electrons. The number of nitrogens with one attached hydrogen (secondary N) is 1. The maximum atomic E-state index is 5.92. The lowest BCUT2D eigenvalue weighted by Crippen LogP contribution is -2.38. The van der Waals surface area contributed by atoms with Gasteiger partial charge >= 0.3 is 0 Å². The maximum Gasteiger partial charge on any atom is 0.164 e. The van der Waals surface area contributed by atoms with Gasteiger partial charge in [-0.1, -0.05) is 23.7 Å². The summed E-state index contributed by atoms with van der Waals surface area (Å²) in [5.74, 6) is 0. The van der Waals surface area contributed by atoms with E-state index in [2.05, 4.69) is 5.32 Å². The number of hydrogen-bond donors (Lipinski definition) is 2. The second kappa shape index (κ2) is 3.41. The summed E-state index contributed by atoms with van der Waals surface area (Å²) in [4.78, 5) is 0. The Labute approximate surface area is 93.4 Å². The monoisotopic (exact) mass is 226 g/mol. The third-order valence-electron chi connectivity index (χ3n) is 2.49. The molecule has 1 aliphatic rings. The molecule has 3 N–H and O–H groups in total. The summed E-state index contributed by atoms with van der Waals surface area (Å²) < 4.78 is 0. The molecular weight excluding hydrogens is 216 g/mol. The minimum atomic E-state index is -0.0449. The van der Waals surface area contributed by atoms with Gasteiger partial charge in [-0.15, -0.1) is 0 Å². The van der Waals surface area contributed by atoms with Crippen molar-refractivity contribution < 1.29 is 0 Å². The fourth-order valence-corrected chi connectivity index (χ4v) is 2.02. The fraction of sp³-hybridized carbons (Fsp3) is 0.300. The summed E-state index contributed by atoms with van der Waals surface area (Å²) >= 11 is 10.8. The van der Waals surface area contributed by atoms with E-state index in [1.165, 1.54) is 0 Å². The van der Waals surface area contributed by atoms with Gasteiger partial charge in [-0.2, -0.15) is 0 Å². The molecule has 2 rings (SSSR count). The van der Waals surface area contributed by atoms with Gasteiger partial charge in [-0.3, -0.25) is 0 Å². The zero-order valence-corrected chi connectivity index (χ0v) is 9.16. The third-order valence-corrected chi connectivity index (χ3v) is 2.83. The van der Waals surface area contributed by atoms with Gasteiger partial charge in [0.15, 0.2) is 5.11 Å². The number of halogens is 1. The van der Waals surface area contributed by atoms with E-state index in [4.69, 9.17) is 29.6 Å².